The molecule has 7 aliphatic rings. The smallest absolute Gasteiger partial charge is 0.305 e. The van der Waals surface area contributed by atoms with Gasteiger partial charge in [0.15, 0.2) is 6.29 Å². The molecule has 9 rings (SSSR count). The second-order valence-electron chi connectivity index (χ2n) is 26.1. The van der Waals surface area contributed by atoms with Crippen LogP contribution in [-0.2, 0) is 63.7 Å². The first-order chi connectivity index (χ1) is 47.7. The summed E-state index contributed by atoms with van der Waals surface area (Å²) in [6.07, 6.45) is -29.1. The lowest BCUT2D eigenvalue weighted by Gasteiger charge is -2.47. The van der Waals surface area contributed by atoms with E-state index in [1.165, 1.54) is 24.3 Å². The fraction of sp³-hybridized carbons (Fsp3) is 0.694. The number of carbonyl (C=O) groups is 7. The van der Waals surface area contributed by atoms with E-state index in [9.17, 15) is 90.4 Å². The number of benzene rings is 2. The zero-order valence-electron chi connectivity index (χ0n) is 54.5. The molecule has 0 spiro atoms. The Bertz CT molecular complexity index is 3060. The van der Waals surface area contributed by atoms with Gasteiger partial charge in [0.25, 0.3) is 0 Å². The van der Waals surface area contributed by atoms with Gasteiger partial charge >= 0.3 is 5.97 Å². The topological polar surface area (TPSA) is 601 Å². The largest absolute Gasteiger partial charge is 0.463 e. The van der Waals surface area contributed by atoms with Crippen molar-refractivity contribution >= 4 is 41.4 Å². The first-order valence-electron chi connectivity index (χ1n) is 33.2. The molecular weight excluding hydrogens is 1330 g/mol. The summed E-state index contributed by atoms with van der Waals surface area (Å²) >= 11 is 0. The summed E-state index contributed by atoms with van der Waals surface area (Å²) in [6.45, 7) is -3.33. The highest BCUT2D eigenvalue weighted by atomic mass is 16.7. The van der Waals surface area contributed by atoms with Gasteiger partial charge in [-0.25, -0.2) is 4.90 Å². The van der Waals surface area contributed by atoms with Crippen molar-refractivity contribution < 1.29 is 128 Å². The molecule has 0 aromatic heterocycles. The van der Waals surface area contributed by atoms with Crippen LogP contribution in [0.5, 0.6) is 5.75 Å². The van der Waals surface area contributed by atoms with Gasteiger partial charge in [0, 0.05) is 31.8 Å². The molecule has 558 valence electrons. The molecular formula is C62H94N12O26. The number of aliphatic hydroxyl groups is 13. The molecule has 6 heterocycles. The summed E-state index contributed by atoms with van der Waals surface area (Å²) in [7, 11) is 0. The van der Waals surface area contributed by atoms with Crippen molar-refractivity contribution in [3.63, 3.8) is 0 Å². The maximum atomic E-state index is 15.2. The highest BCUT2D eigenvalue weighted by Crippen LogP contribution is 2.34. The van der Waals surface area contributed by atoms with Crippen molar-refractivity contribution in [1.29, 1.82) is 0 Å². The number of hydrogen-bond donors (Lipinski definition) is 24. The van der Waals surface area contributed by atoms with E-state index >= 15 is 9.59 Å². The lowest BCUT2D eigenvalue weighted by atomic mass is 9.92. The number of hydrogen-bond acceptors (Lipinski definition) is 32. The third kappa shape index (κ3) is 18.5. The van der Waals surface area contributed by atoms with Crippen molar-refractivity contribution in [3.8, 4) is 5.75 Å². The number of aliphatic hydroxyl groups excluding tert-OH is 13. The van der Waals surface area contributed by atoms with Crippen molar-refractivity contribution in [2.24, 2.45) is 17.4 Å². The number of carbonyl (C=O) groups excluding carboxylic acids is 7. The van der Waals surface area contributed by atoms with Gasteiger partial charge in [-0.15, -0.1) is 0 Å². The Hall–Kier alpha value is -6.39. The van der Waals surface area contributed by atoms with Gasteiger partial charge in [0.2, 0.25) is 41.7 Å². The molecule has 38 heteroatoms. The first kappa shape index (κ1) is 77.8. The Labute approximate surface area is 572 Å². The predicted octanol–water partition coefficient (Wildman–Crippen LogP) is -12.1. The SMILES string of the molecule is C[C@@H](c1ccccc1)[C@@H]1NC(=O)CNC(=O)[C@H](CO)NC(=O)[C@@H]([C@@H](O)[C@@H]2CNC(N)N2[C@H]2O[C@H](CO)[C@@H](O)[C@H](O)[C@@H]2O)NC(=O)[C@H]([C@@H](O)[C@@H]2CNC(N)N2)NC(=O)[C@@H](Cc2ccc(O[C@H]3O[C@H](CO)[C@@H](O[C@H]4O[C@H](COC(=O)CCC5CCCC5)[C@@H](O)[C@H](O)[C@@H]4O)[C@H](O)[C@@H]3O)cc2)NC1=O. The summed E-state index contributed by atoms with van der Waals surface area (Å²) in [4.78, 5) is 101. The molecule has 6 aliphatic heterocycles. The summed E-state index contributed by atoms with van der Waals surface area (Å²) in [5.41, 5.74) is 13.2. The Kier molecular flexibility index (Phi) is 27.4. The number of ether oxygens (including phenoxy) is 6. The minimum Gasteiger partial charge on any atom is -0.463 e. The second kappa shape index (κ2) is 35.2. The molecule has 0 radical (unpaired) electrons. The van der Waals surface area contributed by atoms with E-state index in [4.69, 9.17) is 39.9 Å². The normalized spacial score (nSPS) is 38.0. The molecule has 38 nitrogen and oxygen atoms in total. The van der Waals surface area contributed by atoms with Crippen LogP contribution in [0.25, 0.3) is 0 Å². The first-order valence-corrected chi connectivity index (χ1v) is 33.2. The zero-order chi connectivity index (χ0) is 72.4. The maximum Gasteiger partial charge on any atom is 0.305 e. The van der Waals surface area contributed by atoms with Crippen LogP contribution in [0.1, 0.15) is 62.5 Å². The van der Waals surface area contributed by atoms with Crippen LogP contribution in [0.15, 0.2) is 54.6 Å². The molecule has 26 N–H and O–H groups in total. The van der Waals surface area contributed by atoms with Crippen LogP contribution < -0.4 is 64.1 Å². The Balaban J connectivity index is 0.972. The van der Waals surface area contributed by atoms with Gasteiger partial charge in [-0.05, 0) is 35.6 Å². The number of nitrogens with one attached hydrogen (secondary N) is 9. The molecule has 7 fully saturated rings. The third-order valence-electron chi connectivity index (χ3n) is 19.3. The Morgan fingerprint density at radius 3 is 1.89 bits per heavy atom. The summed E-state index contributed by atoms with van der Waals surface area (Å²) in [6, 6.07) is 1.21. The van der Waals surface area contributed by atoms with Crippen LogP contribution in [0.2, 0.25) is 0 Å². The van der Waals surface area contributed by atoms with E-state index < -0.39 is 246 Å². The van der Waals surface area contributed by atoms with Crippen LogP contribution in [0, 0.1) is 5.92 Å². The summed E-state index contributed by atoms with van der Waals surface area (Å²) in [5, 5.41) is 166. The average molecular weight is 1420 g/mol. The average Bonchev–Trinajstić information content (AvgIpc) is 1.36. The monoisotopic (exact) mass is 1420 g/mol. The van der Waals surface area contributed by atoms with E-state index in [0.29, 0.717) is 17.9 Å². The molecule has 1 saturated carbocycles. The maximum absolute atomic E-state index is 15.2. The van der Waals surface area contributed by atoms with E-state index in [1.54, 1.807) is 37.3 Å². The van der Waals surface area contributed by atoms with E-state index in [2.05, 4.69) is 47.9 Å². The number of nitrogens with two attached hydrogens (primary N) is 2. The highest BCUT2D eigenvalue weighted by Gasteiger charge is 2.55. The van der Waals surface area contributed by atoms with Crippen molar-refractivity contribution in [2.45, 2.75) is 217 Å². The van der Waals surface area contributed by atoms with Crippen LogP contribution in [0.3, 0.4) is 0 Å². The van der Waals surface area contributed by atoms with Crippen LogP contribution in [0.4, 0.5) is 0 Å². The minimum absolute atomic E-state index is 0.0712. The number of amides is 6. The number of esters is 1. The molecule has 100 heavy (non-hydrogen) atoms. The third-order valence-corrected chi connectivity index (χ3v) is 19.3. The van der Waals surface area contributed by atoms with Gasteiger partial charge in [0.05, 0.1) is 44.6 Å². The molecule has 2 unspecified atom stereocenters. The molecule has 6 amide bonds. The fourth-order valence-electron chi connectivity index (χ4n) is 13.4. The Morgan fingerprint density at radius 1 is 0.620 bits per heavy atom. The Morgan fingerprint density at radius 2 is 1.23 bits per heavy atom. The lowest BCUT2D eigenvalue weighted by Crippen LogP contribution is -2.70. The molecule has 6 saturated heterocycles. The molecule has 2 aromatic carbocycles. The number of nitrogens with zero attached hydrogens (tertiary/aromatic N) is 1. The highest BCUT2D eigenvalue weighted by molar-refractivity contribution is 5.98. The van der Waals surface area contributed by atoms with E-state index in [0.717, 1.165) is 30.6 Å². The fourth-order valence-corrected chi connectivity index (χ4v) is 13.4. The van der Waals surface area contributed by atoms with Gasteiger partial charge in [-0.1, -0.05) is 75.1 Å². The zero-order valence-corrected chi connectivity index (χ0v) is 54.5. The number of rotatable bonds is 21. The minimum atomic E-state index is -2.31. The summed E-state index contributed by atoms with van der Waals surface area (Å²) < 4.78 is 34.4. The van der Waals surface area contributed by atoms with Gasteiger partial charge < -0.3 is 138 Å². The van der Waals surface area contributed by atoms with E-state index in [1.807, 2.05) is 0 Å². The lowest BCUT2D eigenvalue weighted by molar-refractivity contribution is -0.352. The van der Waals surface area contributed by atoms with Crippen molar-refractivity contribution in [1.82, 2.24) is 52.8 Å². The van der Waals surface area contributed by atoms with Crippen LogP contribution >= 0.6 is 0 Å². The molecule has 0 bridgehead atoms. The molecule has 1 aliphatic carbocycles. The molecule has 27 atom stereocenters. The van der Waals surface area contributed by atoms with Crippen LogP contribution in [-0.4, -0.2) is 318 Å². The standard InChI is InChI=1S/C62H94N12O26/c1-25(28-9-3-2-4-10-28)39-55(92)68-30(17-27-11-14-29(15-12-27)96-59-51(89)48(86)52(35(23-77)98-59)100-60-50(88)47(85)45(83)36(99-60)24-95-38(79)16-13-26-7-5-6-8-26)54(91)72-40(42(80)31-18-66-61(63)70-31)57(94)73-41(56(93)69-32(21-75)53(90)65-20-37(78)71-39)43(81)33-19-67-62(64)74(33)58-49(87)46(84)44(82)34(22-76)97-58/h2-4,9-12,14-15,25-26,30-36,39-52,58-62,66-67,70,75-77,80-89H,5-8,13,16-24,63-64H2,1H3,(H,65,90)(H,68,92)(H,69,93)(H,71,78)(H,72,91)(H,73,94)/t25-,30+,31-,32-,33-,34+,35+,36+,39-,40-,41+,42-,43-,44+,45+,46-,47-,48+,49-,50-,51-,52+,58-,59-,60+,61?,62?/m0/s1. The van der Waals surface area contributed by atoms with Gasteiger partial charge in [0.1, 0.15) is 141 Å². The quantitative estimate of drug-likeness (QED) is 0.0516. The molecule has 2 aromatic rings. The van der Waals surface area contributed by atoms with E-state index in [-0.39, 0.29) is 30.8 Å². The second-order valence-corrected chi connectivity index (χ2v) is 26.1. The summed E-state index contributed by atoms with van der Waals surface area (Å²) in [5.74, 6) is -8.36. The van der Waals surface area contributed by atoms with Crippen molar-refractivity contribution in [2.75, 3.05) is 46.1 Å². The van der Waals surface area contributed by atoms with Crippen molar-refractivity contribution in [3.05, 3.63) is 65.7 Å². The predicted molar refractivity (Wildman–Crippen MR) is 337 cm³/mol. The van der Waals surface area contributed by atoms with Gasteiger partial charge in [-0.3, -0.25) is 49.5 Å². The van der Waals surface area contributed by atoms with Gasteiger partial charge in [-0.2, -0.15) is 0 Å².